The summed E-state index contributed by atoms with van der Waals surface area (Å²) in [4.78, 5) is 171. The number of halogens is 15. The topological polar surface area (TPSA) is 489 Å². The number of rotatable bonds is 18. The van der Waals surface area contributed by atoms with Crippen LogP contribution < -0.4 is 37.2 Å². The van der Waals surface area contributed by atoms with Crippen LogP contribution >= 0.6 is 0 Å². The van der Waals surface area contributed by atoms with E-state index in [0.29, 0.717) is 19.3 Å². The Kier molecular flexibility index (Phi) is 36.9. The van der Waals surface area contributed by atoms with Gasteiger partial charge < -0.3 is 91.7 Å². The van der Waals surface area contributed by atoms with Crippen molar-refractivity contribution in [1.29, 1.82) is 0 Å². The third kappa shape index (κ3) is 24.5. The molecule has 3 aromatic carbocycles. The molecule has 133 heavy (non-hydrogen) atoms. The van der Waals surface area contributed by atoms with Crippen LogP contribution in [0.5, 0.6) is 17.2 Å². The molecule has 3 saturated heterocycles. The Morgan fingerprint density at radius 3 is 0.977 bits per heavy atom. The monoisotopic (exact) mass is 1910 g/mol. The van der Waals surface area contributed by atoms with Crippen LogP contribution in [0.1, 0.15) is 151 Å². The lowest BCUT2D eigenvalue weighted by Gasteiger charge is -2.38. The van der Waals surface area contributed by atoms with E-state index in [-0.39, 0.29) is 0 Å². The first kappa shape index (κ1) is 107. The largest absolute Gasteiger partial charge is 0.505 e. The number of aliphatic hydroxyl groups excluding tert-OH is 3. The number of aromatic nitrogens is 3. The molecule has 3 aliphatic heterocycles. The van der Waals surface area contributed by atoms with Crippen molar-refractivity contribution < 1.29 is 173 Å². The third-order valence-corrected chi connectivity index (χ3v) is 22.7. The number of ether oxygens (including phenoxy) is 4. The van der Waals surface area contributed by atoms with Gasteiger partial charge in [-0.05, 0) is 82.3 Å². The minimum absolute atomic E-state index is 0.292. The number of nitrogens with zero attached hydrogens (tertiary/aromatic N) is 4. The van der Waals surface area contributed by atoms with E-state index < -0.39 is 355 Å². The van der Waals surface area contributed by atoms with Crippen LogP contribution in [0, 0.1) is 123 Å². The molecule has 3 fully saturated rings. The maximum Gasteiger partial charge on any atom is 0.348 e. The Morgan fingerprint density at radius 1 is 0.383 bits per heavy atom. The van der Waals surface area contributed by atoms with Crippen LogP contribution in [0.15, 0.2) is 55.0 Å². The number of aromatic hydroxyl groups is 3. The van der Waals surface area contributed by atoms with Gasteiger partial charge in [0.05, 0.1) is 54.2 Å². The number of carbonyl (C=O) groups excluding carboxylic acids is 12. The van der Waals surface area contributed by atoms with E-state index in [4.69, 9.17) is 18.9 Å². The molecular weight excluding hydrogens is 1810 g/mol. The summed E-state index contributed by atoms with van der Waals surface area (Å²) in [7, 11) is 1.25. The first-order valence-electron chi connectivity index (χ1n) is 40.9. The SMILES string of the molecule is CCC(C)C1C(=O)O[C@H](C)[C@H](NC(=O)c2ncccc2O)C(=O)N[C@@H](Cc2c(F)c(F)c(F)c(F)c2F)[C@@H](O)[C@@H](C)C(=O)N1C.CCC(C)C1NC(=O)[C@H](C)[C@H](O)[C@H](Cc2c(F)c(F)c(F)c(F)c2F)NC(=O)[C@@H](NC(=O)c2ncccc2O)[C@@H](C)OC1=O.CCC(C)C1OC(=O)[C@H](C)[C@H](O)[C@H](Cc2c(F)c(F)c(F)c(F)c2F)NC(=O)[C@@H](NC(=O)c2ncccc2O)[C@@H](C)OC1=O. The molecule has 0 saturated carbocycles. The highest BCUT2D eigenvalue weighted by atomic mass is 19.2. The van der Waals surface area contributed by atoms with Gasteiger partial charge >= 0.3 is 23.9 Å². The highest BCUT2D eigenvalue weighted by molar-refractivity contribution is 6.01. The fourth-order valence-corrected chi connectivity index (χ4v) is 14.0. The number of benzene rings is 3. The summed E-state index contributed by atoms with van der Waals surface area (Å²) in [6.07, 6.45) is -11.3. The van der Waals surface area contributed by atoms with Gasteiger partial charge in [0.1, 0.15) is 65.8 Å². The number of nitrogens with one attached hydrogen (secondary N) is 7. The second-order valence-corrected chi connectivity index (χ2v) is 31.7. The molecule has 0 bridgehead atoms. The van der Waals surface area contributed by atoms with Crippen molar-refractivity contribution in [3.63, 3.8) is 0 Å². The summed E-state index contributed by atoms with van der Waals surface area (Å²) in [5.74, 6) is -55.5. The molecule has 0 spiro atoms. The number of aliphatic hydroxyl groups is 3. The van der Waals surface area contributed by atoms with Crippen molar-refractivity contribution in [2.75, 3.05) is 7.05 Å². The summed E-state index contributed by atoms with van der Waals surface area (Å²) >= 11 is 0. The number of pyridine rings is 3. The number of carbonyl (C=O) groups is 12. The van der Waals surface area contributed by atoms with Crippen LogP contribution in [0.4, 0.5) is 65.9 Å². The van der Waals surface area contributed by atoms with Crippen LogP contribution in [0.3, 0.4) is 0 Å². The van der Waals surface area contributed by atoms with Crippen molar-refractivity contribution in [3.8, 4) is 17.2 Å². The quantitative estimate of drug-likeness (QED) is 0.0152. The Balaban J connectivity index is 0.000000272. The maximum absolute atomic E-state index is 14.7. The minimum Gasteiger partial charge on any atom is -0.505 e. The third-order valence-electron chi connectivity index (χ3n) is 22.7. The van der Waals surface area contributed by atoms with Gasteiger partial charge in [0.2, 0.25) is 53.1 Å². The number of cyclic esters (lactones) is 4. The van der Waals surface area contributed by atoms with Gasteiger partial charge in [-0.15, -0.1) is 0 Å². The summed E-state index contributed by atoms with van der Waals surface area (Å²) < 4.78 is 234. The number of amides is 8. The van der Waals surface area contributed by atoms with Crippen LogP contribution in [-0.4, -0.2) is 220 Å². The van der Waals surface area contributed by atoms with E-state index in [2.05, 4.69) is 52.2 Å². The van der Waals surface area contributed by atoms with Gasteiger partial charge in [-0.1, -0.05) is 68.2 Å². The molecule has 33 nitrogen and oxygen atoms in total. The number of likely N-dealkylation sites (N-methyl/N-ethyl adjacent to an activating group) is 1. The Morgan fingerprint density at radius 2 is 0.669 bits per heavy atom. The molecule has 0 aliphatic carbocycles. The van der Waals surface area contributed by atoms with Crippen molar-refractivity contribution >= 4 is 71.1 Å². The van der Waals surface area contributed by atoms with E-state index in [9.17, 15) is 154 Å². The van der Waals surface area contributed by atoms with E-state index in [1.54, 1.807) is 41.5 Å². The molecule has 726 valence electrons. The number of hydrogen-bond donors (Lipinski definition) is 13. The lowest BCUT2D eigenvalue weighted by Crippen LogP contribution is -2.61. The Hall–Kier alpha value is -13.0. The molecule has 6 unspecified atom stereocenters. The molecule has 21 atom stereocenters. The van der Waals surface area contributed by atoms with E-state index in [0.717, 1.165) is 49.3 Å². The van der Waals surface area contributed by atoms with Gasteiger partial charge in [-0.25, -0.2) is 95.2 Å². The average Bonchev–Trinajstić information content (AvgIpc) is 0.782. The van der Waals surface area contributed by atoms with Gasteiger partial charge in [0, 0.05) is 67.5 Å². The summed E-state index contributed by atoms with van der Waals surface area (Å²) in [6.45, 7) is 16.9. The molecule has 9 rings (SSSR count). The van der Waals surface area contributed by atoms with Gasteiger partial charge in [-0.2, -0.15) is 0 Å². The molecule has 6 heterocycles. The molecular formula is C85H94F15N11O22. The Bertz CT molecular complexity index is 5090. The number of hydrogen-bond acceptors (Lipinski definition) is 25. The summed E-state index contributed by atoms with van der Waals surface area (Å²) in [5, 5.41) is 79.2. The average molecular weight is 1910 g/mol. The van der Waals surface area contributed by atoms with Crippen molar-refractivity contribution in [2.24, 2.45) is 35.5 Å². The Labute approximate surface area is 747 Å². The smallest absolute Gasteiger partial charge is 0.348 e. The highest BCUT2D eigenvalue weighted by Gasteiger charge is 2.48. The summed E-state index contributed by atoms with van der Waals surface area (Å²) in [5.41, 5.74) is -5.77. The van der Waals surface area contributed by atoms with Gasteiger partial charge in [-0.3, -0.25) is 43.2 Å². The van der Waals surface area contributed by atoms with Crippen molar-refractivity contribution in [2.45, 2.75) is 213 Å². The summed E-state index contributed by atoms with van der Waals surface area (Å²) in [6, 6.07) is -6.42. The second-order valence-electron chi connectivity index (χ2n) is 31.7. The van der Waals surface area contributed by atoms with Crippen LogP contribution in [0.25, 0.3) is 0 Å². The highest BCUT2D eigenvalue weighted by Crippen LogP contribution is 2.33. The molecule has 8 amide bonds. The predicted molar refractivity (Wildman–Crippen MR) is 426 cm³/mol. The molecule has 6 aromatic rings. The lowest BCUT2D eigenvalue weighted by molar-refractivity contribution is -0.180. The van der Waals surface area contributed by atoms with Gasteiger partial charge in [0.15, 0.2) is 86.9 Å². The molecule has 13 N–H and O–H groups in total. The fourth-order valence-electron chi connectivity index (χ4n) is 14.0. The minimum atomic E-state index is -2.43. The molecule has 3 aromatic heterocycles. The first-order valence-corrected chi connectivity index (χ1v) is 40.9. The molecule has 3 aliphatic rings. The van der Waals surface area contributed by atoms with E-state index >= 15 is 0 Å². The van der Waals surface area contributed by atoms with E-state index in [1.165, 1.54) is 59.1 Å². The first-order chi connectivity index (χ1) is 62.2. The normalized spacial score (nSPS) is 25.5. The predicted octanol–water partition coefficient (Wildman–Crippen LogP) is 6.11. The zero-order valence-electron chi connectivity index (χ0n) is 72.7. The standard InChI is InChI=1S/C29H33F5N4O7.C28H31F5N4O7.C28H30F5N3O8/c1-6-11(2)24-29(44)45-13(4)22(37-27(42)23-16(39)8-7-9-35-23)26(41)36-15(25(40)12(3)28(43)38(24)5)10-14-17(30)19(32)21(34)20(33)18(14)31;1-5-10(2)21-28(43)44-12(4)22(37-27(42)23-15(38)7-6-8-34-23)26(41)35-14(24(39)11(3)25(40)36-21)9-13-16(29)18(31)20(33)19(32)17(13)30;1-5-10(2)24-28(42)43-12(4)21(36-26(40)22-15(37)7-6-8-34-22)25(39)35-14(23(38)11(3)27(41)44-24)9-13-16(29)18(31)20(33)19(32)17(13)30/h7-9,11-13,15,22,24-25,39-40H,6,10H2,1-5H3,(H,36,41)(H,37,42);6-8,10-12,14,21-22,24,38-39H,5,9H2,1-4H3,(H,35,41)(H,36,40)(H,37,42);6-8,10-12,14,21,23-24,37-38H,5,9H2,1-4H3,(H,35,39)(H,36,40)/t11?,12-,13-,15+,22+,24?,25+;10?,11-,12-,14+,21?,22+,24+;10?,11-,12-,14+,21+,23+,24?/m111/s1. The van der Waals surface area contributed by atoms with Gasteiger partial charge in [0.25, 0.3) is 17.7 Å². The fraction of sp³-hybridized carbons (Fsp3) is 0.471. The molecule has 0 radical (unpaired) electrons. The van der Waals surface area contributed by atoms with Crippen molar-refractivity contribution in [1.82, 2.24) is 57.1 Å². The lowest BCUT2D eigenvalue weighted by atomic mass is 9.89. The molecule has 48 heteroatoms. The second kappa shape index (κ2) is 45.9. The van der Waals surface area contributed by atoms with Crippen LogP contribution in [0.2, 0.25) is 0 Å². The zero-order valence-corrected chi connectivity index (χ0v) is 72.7. The number of esters is 4. The maximum atomic E-state index is 14.7. The van der Waals surface area contributed by atoms with Crippen LogP contribution in [-0.2, 0) is 81.4 Å². The zero-order chi connectivity index (χ0) is 100.0. The van der Waals surface area contributed by atoms with E-state index in [1.807, 2.05) is 0 Å². The van der Waals surface area contributed by atoms with Crippen molar-refractivity contribution in [3.05, 3.63) is 176 Å².